The summed E-state index contributed by atoms with van der Waals surface area (Å²) in [6.45, 7) is 0. The Kier molecular flexibility index (Phi) is 3.40. The van der Waals surface area contributed by atoms with Crippen molar-refractivity contribution in [2.24, 2.45) is 0 Å². The van der Waals surface area contributed by atoms with Crippen LogP contribution in [0, 0.1) is 0 Å². The Balaban J connectivity index is 1.69. The Morgan fingerprint density at radius 2 is 1.85 bits per heavy atom. The minimum atomic E-state index is -0.358. The molecule has 3 N–H and O–H groups in total. The average Bonchev–Trinajstić information content (AvgIpc) is 2.99. The number of rotatable bonds is 2. The van der Waals surface area contributed by atoms with Gasteiger partial charge in [0.1, 0.15) is 0 Å². The van der Waals surface area contributed by atoms with Crippen LogP contribution in [-0.4, -0.2) is 23.0 Å². The van der Waals surface area contributed by atoms with E-state index in [2.05, 4.69) is 16.0 Å². The van der Waals surface area contributed by atoms with Gasteiger partial charge < -0.3 is 10.6 Å². The van der Waals surface area contributed by atoms with Crippen molar-refractivity contribution in [1.82, 2.24) is 10.6 Å². The van der Waals surface area contributed by atoms with Crippen LogP contribution in [0.15, 0.2) is 18.2 Å². The topological polar surface area (TPSA) is 70.2 Å². The van der Waals surface area contributed by atoms with Crippen LogP contribution in [0.5, 0.6) is 0 Å². The largest absolute Gasteiger partial charge is 0.360 e. The molecule has 1 aliphatic carbocycles. The predicted molar refractivity (Wildman–Crippen MR) is 79.9 cm³/mol. The van der Waals surface area contributed by atoms with E-state index < -0.39 is 0 Å². The monoisotopic (exact) mass is 289 g/mol. The molecule has 2 aliphatic rings. The van der Waals surface area contributed by atoms with Crippen LogP contribution in [0.4, 0.5) is 5.69 Å². The highest BCUT2D eigenvalue weighted by Crippen LogP contribution is 2.21. The van der Waals surface area contributed by atoms with Crippen LogP contribution >= 0.6 is 12.2 Å². The van der Waals surface area contributed by atoms with E-state index in [1.54, 1.807) is 18.2 Å². The van der Waals surface area contributed by atoms with Crippen LogP contribution in [0.25, 0.3) is 0 Å². The molecule has 1 saturated carbocycles. The van der Waals surface area contributed by atoms with Gasteiger partial charge in [-0.25, -0.2) is 0 Å². The Bertz CT molecular complexity index is 594. The average molecular weight is 289 g/mol. The maximum absolute atomic E-state index is 11.6. The molecule has 20 heavy (non-hydrogen) atoms. The van der Waals surface area contributed by atoms with E-state index in [-0.39, 0.29) is 11.8 Å². The van der Waals surface area contributed by atoms with Crippen molar-refractivity contribution in [2.75, 3.05) is 5.32 Å². The molecule has 0 bridgehead atoms. The summed E-state index contributed by atoms with van der Waals surface area (Å²) in [5.41, 5.74) is 1.52. The molecule has 3 rings (SSSR count). The zero-order valence-electron chi connectivity index (χ0n) is 10.9. The van der Waals surface area contributed by atoms with Crippen LogP contribution in [-0.2, 0) is 0 Å². The summed E-state index contributed by atoms with van der Waals surface area (Å²) in [5, 5.41) is 9.16. The molecule has 104 valence electrons. The third-order valence-electron chi connectivity index (χ3n) is 3.68. The maximum Gasteiger partial charge on any atom is 0.259 e. The van der Waals surface area contributed by atoms with Gasteiger partial charge in [-0.15, -0.1) is 0 Å². The predicted octanol–water partition coefficient (Wildman–Crippen LogP) is 1.80. The van der Waals surface area contributed by atoms with E-state index in [9.17, 15) is 9.59 Å². The molecule has 5 nitrogen and oxygen atoms in total. The second-order valence-corrected chi connectivity index (χ2v) is 5.53. The molecule has 1 fully saturated rings. The fourth-order valence-corrected chi connectivity index (χ4v) is 2.95. The summed E-state index contributed by atoms with van der Waals surface area (Å²) < 4.78 is 0. The van der Waals surface area contributed by atoms with Gasteiger partial charge in [0.15, 0.2) is 5.11 Å². The summed E-state index contributed by atoms with van der Waals surface area (Å²) in [5.74, 6) is -0.702. The lowest BCUT2D eigenvalue weighted by Gasteiger charge is -2.15. The highest BCUT2D eigenvalue weighted by molar-refractivity contribution is 7.80. The van der Waals surface area contributed by atoms with Crippen LogP contribution in [0.2, 0.25) is 0 Å². The van der Waals surface area contributed by atoms with Gasteiger partial charge in [-0.05, 0) is 43.3 Å². The van der Waals surface area contributed by atoms with Crippen molar-refractivity contribution in [3.8, 4) is 0 Å². The van der Waals surface area contributed by atoms with Gasteiger partial charge in [-0.1, -0.05) is 12.8 Å². The van der Waals surface area contributed by atoms with Crippen molar-refractivity contribution in [1.29, 1.82) is 0 Å². The van der Waals surface area contributed by atoms with E-state index in [0.717, 1.165) is 12.8 Å². The summed E-state index contributed by atoms with van der Waals surface area (Å²) in [4.78, 5) is 23.0. The Labute approximate surface area is 122 Å². The number of hydrogen-bond donors (Lipinski definition) is 3. The summed E-state index contributed by atoms with van der Waals surface area (Å²) in [7, 11) is 0. The lowest BCUT2D eigenvalue weighted by molar-refractivity contribution is 0.0879. The fraction of sp³-hybridized carbons (Fsp3) is 0.357. The molecule has 1 aliphatic heterocycles. The number of benzene rings is 1. The Morgan fingerprint density at radius 3 is 2.60 bits per heavy atom. The van der Waals surface area contributed by atoms with E-state index in [0.29, 0.717) is 28.0 Å². The quantitative estimate of drug-likeness (QED) is 0.572. The number of thiocarbonyl (C=S) groups is 1. The highest BCUT2D eigenvalue weighted by Gasteiger charge is 2.26. The van der Waals surface area contributed by atoms with E-state index in [4.69, 9.17) is 12.2 Å². The van der Waals surface area contributed by atoms with Crippen molar-refractivity contribution >= 4 is 34.8 Å². The number of carbonyl (C=O) groups is 2. The number of fused-ring (bicyclic) bond motifs is 1. The van der Waals surface area contributed by atoms with Crippen LogP contribution in [0.1, 0.15) is 46.4 Å². The van der Waals surface area contributed by atoms with Crippen molar-refractivity contribution in [2.45, 2.75) is 31.7 Å². The second kappa shape index (κ2) is 5.20. The first-order valence-corrected chi connectivity index (χ1v) is 7.11. The second-order valence-electron chi connectivity index (χ2n) is 5.12. The zero-order valence-corrected chi connectivity index (χ0v) is 11.7. The Hall–Kier alpha value is -1.95. The van der Waals surface area contributed by atoms with Gasteiger partial charge in [-0.3, -0.25) is 14.9 Å². The molecule has 0 spiro atoms. The number of amides is 2. The smallest absolute Gasteiger partial charge is 0.259 e. The first kappa shape index (κ1) is 13.1. The van der Waals surface area contributed by atoms with Gasteiger partial charge >= 0.3 is 0 Å². The molecule has 1 heterocycles. The van der Waals surface area contributed by atoms with Gasteiger partial charge in [0.25, 0.3) is 11.8 Å². The number of anilines is 1. The number of nitrogens with one attached hydrogen (secondary N) is 3. The molecule has 0 saturated heterocycles. The zero-order chi connectivity index (χ0) is 14.1. The number of imide groups is 1. The van der Waals surface area contributed by atoms with E-state index >= 15 is 0 Å². The van der Waals surface area contributed by atoms with Gasteiger partial charge in [0, 0.05) is 11.7 Å². The lowest BCUT2D eigenvalue weighted by atomic mass is 10.1. The highest BCUT2D eigenvalue weighted by atomic mass is 32.1. The molecule has 0 unspecified atom stereocenters. The maximum atomic E-state index is 11.6. The molecule has 6 heteroatoms. The fourth-order valence-electron chi connectivity index (χ4n) is 2.67. The van der Waals surface area contributed by atoms with Gasteiger partial charge in [-0.2, -0.15) is 0 Å². The summed E-state index contributed by atoms with van der Waals surface area (Å²) >= 11 is 5.26. The Morgan fingerprint density at radius 1 is 1.15 bits per heavy atom. The minimum absolute atomic E-state index is 0.344. The normalized spacial score (nSPS) is 17.8. The molecule has 1 aromatic rings. The standard InChI is InChI=1S/C14H15N3O2S/c18-12-10-6-5-9(7-11(10)13(19)17-12)16-14(20)15-8-3-1-2-4-8/h5-8H,1-4H2,(H2,15,16,20)(H,17,18,19). The first-order chi connectivity index (χ1) is 9.63. The molecule has 0 atom stereocenters. The van der Waals surface area contributed by atoms with E-state index in [1.807, 2.05) is 0 Å². The molecular formula is C14H15N3O2S. The van der Waals surface area contributed by atoms with Gasteiger partial charge in [0.2, 0.25) is 0 Å². The molecule has 0 radical (unpaired) electrons. The summed E-state index contributed by atoms with van der Waals surface area (Å²) in [6.07, 6.45) is 4.76. The minimum Gasteiger partial charge on any atom is -0.360 e. The SMILES string of the molecule is O=C1NC(=O)c2cc(NC(=S)NC3CCCC3)ccc21. The number of hydrogen-bond acceptors (Lipinski definition) is 3. The van der Waals surface area contributed by atoms with Crippen molar-refractivity contribution < 1.29 is 9.59 Å². The molecule has 0 aromatic heterocycles. The molecule has 1 aromatic carbocycles. The van der Waals surface area contributed by atoms with Crippen LogP contribution < -0.4 is 16.0 Å². The van der Waals surface area contributed by atoms with Crippen molar-refractivity contribution in [3.05, 3.63) is 29.3 Å². The van der Waals surface area contributed by atoms with E-state index in [1.165, 1.54) is 12.8 Å². The van der Waals surface area contributed by atoms with Crippen molar-refractivity contribution in [3.63, 3.8) is 0 Å². The molecule has 2 amide bonds. The third-order valence-corrected chi connectivity index (χ3v) is 3.90. The first-order valence-electron chi connectivity index (χ1n) is 6.71. The number of carbonyl (C=O) groups excluding carboxylic acids is 2. The van der Waals surface area contributed by atoms with Gasteiger partial charge in [0.05, 0.1) is 11.1 Å². The summed E-state index contributed by atoms with van der Waals surface area (Å²) in [6, 6.07) is 5.47. The third kappa shape index (κ3) is 2.51. The lowest BCUT2D eigenvalue weighted by Crippen LogP contribution is -2.35. The van der Waals surface area contributed by atoms with Crippen LogP contribution in [0.3, 0.4) is 0 Å². The molecular weight excluding hydrogens is 274 g/mol.